The number of non-ortho nitro benzene ring substituents is 1. The number of nitro groups is 1. The average molecular weight is 457 g/mol. The molecule has 0 saturated heterocycles. The highest BCUT2D eigenvalue weighted by atomic mass is 79.9. The van der Waals surface area contributed by atoms with Gasteiger partial charge in [-0.2, -0.15) is 10.4 Å². The van der Waals surface area contributed by atoms with Crippen LogP contribution in [0, 0.1) is 27.3 Å². The Bertz CT molecular complexity index is 1180. The molecule has 10 heteroatoms. The SMILES string of the molecule is N#Cc1ccc(C(=O)N/N=C/c2ccc(-c3ccc([N+](=O)[O-])cc3Br)o2)c(F)c1. The van der Waals surface area contributed by atoms with Crippen LogP contribution in [0.2, 0.25) is 0 Å². The monoisotopic (exact) mass is 456 g/mol. The van der Waals surface area contributed by atoms with Crippen LogP contribution in [0.25, 0.3) is 11.3 Å². The number of furan rings is 1. The minimum atomic E-state index is -0.833. The Hall–Kier alpha value is -3.84. The van der Waals surface area contributed by atoms with E-state index in [1.807, 2.05) is 0 Å². The van der Waals surface area contributed by atoms with Crippen molar-refractivity contribution in [1.29, 1.82) is 5.26 Å². The number of carbonyl (C=O) groups is 1. The number of hydrogen-bond acceptors (Lipinski definition) is 6. The molecule has 0 aliphatic rings. The molecule has 3 aromatic rings. The van der Waals surface area contributed by atoms with Crippen LogP contribution in [0.1, 0.15) is 21.7 Å². The molecule has 144 valence electrons. The van der Waals surface area contributed by atoms with Gasteiger partial charge in [-0.1, -0.05) is 0 Å². The molecule has 3 rings (SSSR count). The number of hydrazone groups is 1. The molecule has 1 amide bonds. The summed E-state index contributed by atoms with van der Waals surface area (Å²) in [6.45, 7) is 0. The van der Waals surface area contributed by atoms with E-state index in [0.29, 0.717) is 21.6 Å². The Labute approximate surface area is 171 Å². The summed E-state index contributed by atoms with van der Waals surface area (Å²) in [7, 11) is 0. The molecule has 0 saturated carbocycles. The number of benzene rings is 2. The van der Waals surface area contributed by atoms with Crippen molar-refractivity contribution in [1.82, 2.24) is 5.43 Å². The van der Waals surface area contributed by atoms with Gasteiger partial charge in [-0.25, -0.2) is 9.82 Å². The minimum absolute atomic E-state index is 0.0632. The van der Waals surface area contributed by atoms with Crippen LogP contribution in [-0.2, 0) is 0 Å². The molecule has 0 spiro atoms. The van der Waals surface area contributed by atoms with Crippen molar-refractivity contribution in [2.75, 3.05) is 0 Å². The normalized spacial score (nSPS) is 10.7. The maximum atomic E-state index is 13.8. The zero-order chi connectivity index (χ0) is 21.0. The van der Waals surface area contributed by atoms with E-state index in [2.05, 4.69) is 26.5 Å². The highest BCUT2D eigenvalue weighted by molar-refractivity contribution is 9.10. The quantitative estimate of drug-likeness (QED) is 0.346. The van der Waals surface area contributed by atoms with Gasteiger partial charge in [0.1, 0.15) is 17.3 Å². The smallest absolute Gasteiger partial charge is 0.274 e. The van der Waals surface area contributed by atoms with Gasteiger partial charge in [0.2, 0.25) is 0 Å². The maximum Gasteiger partial charge on any atom is 0.274 e. The molecular weight excluding hydrogens is 447 g/mol. The number of amides is 1. The van der Waals surface area contributed by atoms with Crippen LogP contribution < -0.4 is 5.43 Å². The van der Waals surface area contributed by atoms with Gasteiger partial charge in [-0.15, -0.1) is 0 Å². The lowest BCUT2D eigenvalue weighted by atomic mass is 10.1. The fourth-order valence-electron chi connectivity index (χ4n) is 2.37. The van der Waals surface area contributed by atoms with Crippen molar-refractivity contribution < 1.29 is 18.5 Å². The number of nitriles is 1. The number of nitrogens with zero attached hydrogens (tertiary/aromatic N) is 3. The third-order valence-electron chi connectivity index (χ3n) is 3.76. The molecule has 29 heavy (non-hydrogen) atoms. The highest BCUT2D eigenvalue weighted by Crippen LogP contribution is 2.32. The summed E-state index contributed by atoms with van der Waals surface area (Å²) in [5, 5.41) is 23.2. The second-order valence-electron chi connectivity index (χ2n) is 5.63. The van der Waals surface area contributed by atoms with Crippen molar-refractivity contribution >= 4 is 33.7 Å². The molecule has 0 bridgehead atoms. The van der Waals surface area contributed by atoms with E-state index in [1.165, 1.54) is 36.5 Å². The number of nitro benzene ring substituents is 1. The van der Waals surface area contributed by atoms with Crippen molar-refractivity contribution in [3.8, 4) is 17.4 Å². The van der Waals surface area contributed by atoms with E-state index < -0.39 is 16.6 Å². The summed E-state index contributed by atoms with van der Waals surface area (Å²) >= 11 is 3.27. The molecule has 0 aliphatic carbocycles. The van der Waals surface area contributed by atoms with E-state index in [1.54, 1.807) is 18.2 Å². The third kappa shape index (κ3) is 4.53. The molecule has 8 nitrogen and oxygen atoms in total. The molecule has 0 aliphatic heterocycles. The molecular formula is C19H10BrFN4O4. The average Bonchev–Trinajstić information content (AvgIpc) is 3.16. The summed E-state index contributed by atoms with van der Waals surface area (Å²) in [6, 6.07) is 12.7. The second kappa shape index (κ2) is 8.45. The minimum Gasteiger partial charge on any atom is -0.455 e. The summed E-state index contributed by atoms with van der Waals surface area (Å²) in [4.78, 5) is 22.3. The van der Waals surface area contributed by atoms with Gasteiger partial charge in [-0.05, 0) is 52.3 Å². The molecule has 0 atom stereocenters. The Kier molecular flexibility index (Phi) is 5.80. The van der Waals surface area contributed by atoms with Crippen LogP contribution in [0.5, 0.6) is 0 Å². The zero-order valence-electron chi connectivity index (χ0n) is 14.4. The standard InChI is InChI=1S/C19H10BrFN4O4/c20-16-8-12(25(27)28)2-5-14(16)18-6-3-13(29-18)10-23-24-19(26)15-4-1-11(9-22)7-17(15)21/h1-8,10H,(H,24,26)/b23-10+. The Morgan fingerprint density at radius 2 is 2.07 bits per heavy atom. The van der Waals surface area contributed by atoms with Crippen LogP contribution in [0.3, 0.4) is 0 Å². The summed E-state index contributed by atoms with van der Waals surface area (Å²) in [5.74, 6) is -0.892. The fourth-order valence-corrected chi connectivity index (χ4v) is 2.93. The zero-order valence-corrected chi connectivity index (χ0v) is 16.0. The van der Waals surface area contributed by atoms with Crippen molar-refractivity contribution in [2.45, 2.75) is 0 Å². The molecule has 0 unspecified atom stereocenters. The third-order valence-corrected chi connectivity index (χ3v) is 4.41. The first kappa shape index (κ1) is 19.9. The van der Waals surface area contributed by atoms with Crippen LogP contribution >= 0.6 is 15.9 Å². The Morgan fingerprint density at radius 3 is 2.72 bits per heavy atom. The predicted molar refractivity (Wildman–Crippen MR) is 105 cm³/mol. The van der Waals surface area contributed by atoms with Gasteiger partial charge < -0.3 is 4.42 Å². The molecule has 1 heterocycles. The molecule has 1 N–H and O–H groups in total. The topological polar surface area (TPSA) is 122 Å². The fraction of sp³-hybridized carbons (Fsp3) is 0. The van der Waals surface area contributed by atoms with E-state index in [-0.39, 0.29) is 16.8 Å². The molecule has 2 aromatic carbocycles. The van der Waals surface area contributed by atoms with Gasteiger partial charge in [0, 0.05) is 22.2 Å². The van der Waals surface area contributed by atoms with Gasteiger partial charge in [0.05, 0.1) is 28.3 Å². The van der Waals surface area contributed by atoms with E-state index in [9.17, 15) is 19.3 Å². The van der Waals surface area contributed by atoms with E-state index >= 15 is 0 Å². The van der Waals surface area contributed by atoms with Crippen LogP contribution in [0.15, 0.2) is 62.5 Å². The second-order valence-corrected chi connectivity index (χ2v) is 6.48. The lowest BCUT2D eigenvalue weighted by molar-refractivity contribution is -0.384. The van der Waals surface area contributed by atoms with Crippen molar-refractivity contribution in [2.24, 2.45) is 5.10 Å². The first-order valence-electron chi connectivity index (χ1n) is 7.96. The Morgan fingerprint density at radius 1 is 1.28 bits per heavy atom. The van der Waals surface area contributed by atoms with Gasteiger partial charge in [0.15, 0.2) is 0 Å². The van der Waals surface area contributed by atoms with Crippen LogP contribution in [0.4, 0.5) is 10.1 Å². The lowest BCUT2D eigenvalue weighted by Crippen LogP contribution is -2.19. The Balaban J connectivity index is 1.70. The number of hydrogen-bond donors (Lipinski definition) is 1. The number of rotatable bonds is 5. The lowest BCUT2D eigenvalue weighted by Gasteiger charge is -2.01. The molecule has 0 fully saturated rings. The van der Waals surface area contributed by atoms with Crippen molar-refractivity contribution in [3.05, 3.63) is 85.8 Å². The number of carbonyl (C=O) groups excluding carboxylic acids is 1. The number of nitrogens with one attached hydrogen (secondary N) is 1. The summed E-state index contributed by atoms with van der Waals surface area (Å²) in [6.07, 6.45) is 1.22. The molecule has 0 radical (unpaired) electrons. The first-order valence-corrected chi connectivity index (χ1v) is 8.75. The van der Waals surface area contributed by atoms with E-state index in [4.69, 9.17) is 9.68 Å². The number of halogens is 2. The summed E-state index contributed by atoms with van der Waals surface area (Å²) < 4.78 is 19.9. The highest BCUT2D eigenvalue weighted by Gasteiger charge is 2.14. The van der Waals surface area contributed by atoms with Crippen LogP contribution in [-0.4, -0.2) is 17.0 Å². The van der Waals surface area contributed by atoms with Gasteiger partial charge >= 0.3 is 0 Å². The first-order chi connectivity index (χ1) is 13.9. The largest absolute Gasteiger partial charge is 0.455 e. The maximum absolute atomic E-state index is 13.8. The van der Waals surface area contributed by atoms with E-state index in [0.717, 1.165) is 6.07 Å². The van der Waals surface area contributed by atoms with Gasteiger partial charge in [0.25, 0.3) is 11.6 Å². The summed E-state index contributed by atoms with van der Waals surface area (Å²) in [5.41, 5.74) is 2.55. The molecule has 1 aromatic heterocycles. The predicted octanol–water partition coefficient (Wildman–Crippen LogP) is 4.39. The van der Waals surface area contributed by atoms with Gasteiger partial charge in [-0.3, -0.25) is 14.9 Å². The van der Waals surface area contributed by atoms with Crippen molar-refractivity contribution in [3.63, 3.8) is 0 Å².